The first-order valence-corrected chi connectivity index (χ1v) is 16.6. The monoisotopic (exact) mass is 624 g/mol. The van der Waals surface area contributed by atoms with E-state index in [1.807, 2.05) is 0 Å². The molecule has 2 N–H and O–H groups in total. The van der Waals surface area contributed by atoms with Crippen molar-refractivity contribution < 1.29 is 57.8 Å². The van der Waals surface area contributed by atoms with Gasteiger partial charge < -0.3 is 38.6 Å². The van der Waals surface area contributed by atoms with Crippen LogP contribution in [-0.2, 0) is 47.6 Å². The predicted molar refractivity (Wildman–Crippen MR) is 148 cm³/mol. The zero-order valence-electron chi connectivity index (χ0n) is 25.9. The summed E-state index contributed by atoms with van der Waals surface area (Å²) in [5.74, 6) is -0.299. The molecule has 12 heteroatoms. The molecule has 3 aliphatic carbocycles. The summed E-state index contributed by atoms with van der Waals surface area (Å²) in [6.45, 7) is 4.36. The van der Waals surface area contributed by atoms with Gasteiger partial charge in [-0.3, -0.25) is 0 Å². The van der Waals surface area contributed by atoms with Gasteiger partial charge in [0.2, 0.25) is 0 Å². The summed E-state index contributed by atoms with van der Waals surface area (Å²) in [6, 6.07) is 0. The maximum Gasteiger partial charge on any atom is 0.373 e. The highest BCUT2D eigenvalue weighted by Gasteiger charge is 2.65. The minimum Gasteiger partial charge on any atom is -0.390 e. The third kappa shape index (κ3) is 6.49. The van der Waals surface area contributed by atoms with Gasteiger partial charge in [0.1, 0.15) is 12.2 Å². The molecular weight excluding hydrogens is 576 g/mol. The maximum absolute atomic E-state index is 9.84. The molecule has 0 amide bonds. The Morgan fingerprint density at radius 3 is 1.70 bits per heavy atom. The second-order valence-electron chi connectivity index (χ2n) is 13.7. The first-order chi connectivity index (χ1) is 21.2. The third-order valence-corrected chi connectivity index (χ3v) is 11.1. The highest BCUT2D eigenvalue weighted by molar-refractivity contribution is 5.20. The molecule has 5 saturated heterocycles. The van der Waals surface area contributed by atoms with Crippen LogP contribution in [0.15, 0.2) is 0 Å². The number of rotatable bonds is 2. The van der Waals surface area contributed by atoms with E-state index in [9.17, 15) is 10.2 Å². The number of aliphatic hydroxyl groups excluding tert-OH is 2. The largest absolute Gasteiger partial charge is 0.390 e. The van der Waals surface area contributed by atoms with Crippen LogP contribution in [0.3, 0.4) is 0 Å². The van der Waals surface area contributed by atoms with Crippen molar-refractivity contribution in [3.8, 4) is 0 Å². The van der Waals surface area contributed by atoms with Crippen LogP contribution in [0.5, 0.6) is 0 Å². The zero-order chi connectivity index (χ0) is 31.5. The van der Waals surface area contributed by atoms with E-state index in [0.717, 1.165) is 70.6 Å². The summed E-state index contributed by atoms with van der Waals surface area (Å²) in [6.07, 6.45) is 15.9. The second kappa shape index (κ2) is 14.1. The van der Waals surface area contributed by atoms with Crippen LogP contribution in [0, 0.1) is 0 Å². The van der Waals surface area contributed by atoms with Crippen LogP contribution in [-0.4, -0.2) is 101 Å². The van der Waals surface area contributed by atoms with Gasteiger partial charge >= 0.3 is 12.3 Å². The Bertz CT molecular complexity index is 1020. The van der Waals surface area contributed by atoms with Gasteiger partial charge in [-0.05, 0) is 51.4 Å². The molecule has 44 heavy (non-hydrogen) atoms. The third-order valence-electron chi connectivity index (χ3n) is 11.1. The van der Waals surface area contributed by atoms with E-state index in [1.165, 1.54) is 19.3 Å². The molecule has 5 heterocycles. The Labute approximate surface area is 258 Å². The summed E-state index contributed by atoms with van der Waals surface area (Å²) >= 11 is 0. The van der Waals surface area contributed by atoms with Crippen LogP contribution in [0.1, 0.15) is 110 Å². The molecular formula is C32H48O12. The SMILES string of the molecule is CC[C@H]1CC[C@@H]2O[C@@H]3C[C@]2(C[C@@H](O)C3O)O1.CC[C@H]1CC[C@@H]2O[C@@H]3C[C@]2(C[C@H]2OC4(CCCCC4)OC32)O1.O=C=O.O=C=O. The number of hydrogen-bond acceptors (Lipinski definition) is 12. The topological polar surface area (TPSA) is 164 Å². The molecule has 12 nitrogen and oxygen atoms in total. The first-order valence-electron chi connectivity index (χ1n) is 16.6. The fourth-order valence-corrected chi connectivity index (χ4v) is 9.13. The van der Waals surface area contributed by atoms with E-state index in [2.05, 4.69) is 13.8 Å². The Balaban J connectivity index is 0.000000154. The van der Waals surface area contributed by atoms with Gasteiger partial charge in [0.25, 0.3) is 0 Å². The van der Waals surface area contributed by atoms with Crippen molar-refractivity contribution in [2.45, 2.75) is 188 Å². The van der Waals surface area contributed by atoms with Crippen molar-refractivity contribution in [3.63, 3.8) is 0 Å². The minimum absolute atomic E-state index is 0.0760. The molecule has 4 bridgehead atoms. The van der Waals surface area contributed by atoms with E-state index in [0.29, 0.717) is 18.6 Å². The number of aliphatic hydroxyl groups is 2. The quantitative estimate of drug-likeness (QED) is 0.462. The fraction of sp³-hybridized carbons (Fsp3) is 0.938. The van der Waals surface area contributed by atoms with Crippen LogP contribution in [0.2, 0.25) is 0 Å². The zero-order valence-corrected chi connectivity index (χ0v) is 25.9. The maximum atomic E-state index is 9.84. The lowest BCUT2D eigenvalue weighted by Gasteiger charge is -2.44. The van der Waals surface area contributed by atoms with E-state index in [-0.39, 0.29) is 65.9 Å². The predicted octanol–water partition coefficient (Wildman–Crippen LogP) is 2.75. The normalized spacial score (nSPS) is 47.0. The van der Waals surface area contributed by atoms with Gasteiger partial charge in [-0.2, -0.15) is 19.2 Å². The fourth-order valence-electron chi connectivity index (χ4n) is 9.13. The van der Waals surface area contributed by atoms with Crippen LogP contribution in [0.25, 0.3) is 0 Å². The smallest absolute Gasteiger partial charge is 0.373 e. The Morgan fingerprint density at radius 1 is 0.636 bits per heavy atom. The van der Waals surface area contributed by atoms with Gasteiger partial charge in [0.15, 0.2) is 5.79 Å². The van der Waals surface area contributed by atoms with E-state index < -0.39 is 12.2 Å². The van der Waals surface area contributed by atoms with E-state index in [4.69, 9.17) is 47.6 Å². The van der Waals surface area contributed by atoms with Gasteiger partial charge in [0, 0.05) is 38.5 Å². The standard InChI is InChI=1S/C18H28O4.C12H20O4.2CO2/c1-2-12-6-7-15-17(20-12)10-13(19-15)16-14(11-17)21-18(22-16)8-4-3-5-9-18;1-2-7-3-4-10-12(16-7)5-8(13)11(14)9(6-12)15-10;2*2-1-3/h12-16H,2-11H2,1H3;7-11,13-14H,2-6H2,1H3;;/t12-,13+,14+,15-,16?,17+;7-,8+,9+,10-,11?,12-;;/m00../s1. The lowest BCUT2D eigenvalue weighted by atomic mass is 9.76. The molecule has 12 atom stereocenters. The van der Waals surface area contributed by atoms with Gasteiger partial charge in [0.05, 0.1) is 60.0 Å². The van der Waals surface area contributed by atoms with Gasteiger partial charge in [-0.15, -0.1) is 0 Å². The molecule has 3 saturated carbocycles. The summed E-state index contributed by atoms with van der Waals surface area (Å²) in [7, 11) is 0. The van der Waals surface area contributed by atoms with Crippen molar-refractivity contribution in [1.82, 2.24) is 0 Å². The molecule has 5 aliphatic heterocycles. The lowest BCUT2D eigenvalue weighted by Crippen LogP contribution is -2.54. The summed E-state index contributed by atoms with van der Waals surface area (Å²) in [5, 5.41) is 19.6. The molecule has 0 aromatic carbocycles. The molecule has 8 rings (SSSR count). The summed E-state index contributed by atoms with van der Waals surface area (Å²) in [4.78, 5) is 32.5. The molecule has 3 spiro atoms. The van der Waals surface area contributed by atoms with Crippen LogP contribution < -0.4 is 0 Å². The highest BCUT2D eigenvalue weighted by atomic mass is 16.8. The molecule has 2 unspecified atom stereocenters. The van der Waals surface area contributed by atoms with Gasteiger partial charge in [-0.1, -0.05) is 20.3 Å². The van der Waals surface area contributed by atoms with Crippen molar-refractivity contribution in [2.75, 3.05) is 0 Å². The van der Waals surface area contributed by atoms with Crippen molar-refractivity contribution in [1.29, 1.82) is 0 Å². The van der Waals surface area contributed by atoms with Crippen LogP contribution in [0.4, 0.5) is 0 Å². The Morgan fingerprint density at radius 2 is 1.14 bits per heavy atom. The average molecular weight is 625 g/mol. The molecule has 8 fully saturated rings. The number of carbonyl (C=O) groups excluding carboxylic acids is 4. The first kappa shape index (κ1) is 33.8. The molecule has 0 aromatic heterocycles. The van der Waals surface area contributed by atoms with Crippen molar-refractivity contribution in [2.24, 2.45) is 0 Å². The second-order valence-corrected chi connectivity index (χ2v) is 13.7. The van der Waals surface area contributed by atoms with Crippen LogP contribution >= 0.6 is 0 Å². The number of fused-ring (bicyclic) bond motifs is 4. The lowest BCUT2D eigenvalue weighted by molar-refractivity contribution is -0.215. The van der Waals surface area contributed by atoms with E-state index >= 15 is 0 Å². The summed E-state index contributed by atoms with van der Waals surface area (Å²) < 4.78 is 37.9. The highest BCUT2D eigenvalue weighted by Crippen LogP contribution is 2.55. The van der Waals surface area contributed by atoms with Crippen molar-refractivity contribution in [3.05, 3.63) is 0 Å². The Hall–Kier alpha value is -1.56. The number of hydrogen-bond donors (Lipinski definition) is 2. The van der Waals surface area contributed by atoms with Crippen molar-refractivity contribution >= 4 is 12.3 Å². The molecule has 8 aliphatic rings. The minimum atomic E-state index is -0.736. The Kier molecular flexibility index (Phi) is 10.8. The molecule has 248 valence electrons. The summed E-state index contributed by atoms with van der Waals surface area (Å²) in [5.41, 5.74) is -0.406. The van der Waals surface area contributed by atoms with E-state index in [1.54, 1.807) is 0 Å². The molecule has 0 radical (unpaired) electrons. The molecule has 0 aromatic rings. The van der Waals surface area contributed by atoms with Gasteiger partial charge in [-0.25, -0.2) is 0 Å². The number of ether oxygens (including phenoxy) is 6. The average Bonchev–Trinajstić information content (AvgIpc) is 3.64.